The molecule has 3 nitrogen and oxygen atoms in total. The second-order valence-electron chi connectivity index (χ2n) is 5.61. The van der Waals surface area contributed by atoms with Gasteiger partial charge in [0.05, 0.1) is 12.2 Å². The molecule has 19 heavy (non-hydrogen) atoms. The van der Waals surface area contributed by atoms with E-state index < -0.39 is 0 Å². The van der Waals surface area contributed by atoms with Crippen molar-refractivity contribution in [3.05, 3.63) is 29.1 Å². The minimum Gasteiger partial charge on any atom is -0.372 e. The van der Waals surface area contributed by atoms with Crippen molar-refractivity contribution in [2.75, 3.05) is 18.0 Å². The summed E-state index contributed by atoms with van der Waals surface area (Å²) in [5.74, 6) is -0.189. The molecule has 1 aliphatic heterocycles. The second kappa shape index (κ2) is 5.47. The number of hydrogen-bond acceptors (Lipinski definition) is 3. The lowest BCUT2D eigenvalue weighted by Gasteiger charge is -2.38. The van der Waals surface area contributed by atoms with Gasteiger partial charge in [0, 0.05) is 24.8 Å². The maximum absolute atomic E-state index is 13.7. The van der Waals surface area contributed by atoms with Gasteiger partial charge in [-0.2, -0.15) is 0 Å². The Balaban J connectivity index is 2.40. The Kier molecular flexibility index (Phi) is 4.11. The molecule has 1 heterocycles. The van der Waals surface area contributed by atoms with Gasteiger partial charge in [-0.3, -0.25) is 0 Å². The molecule has 1 unspecified atom stereocenters. The Morgan fingerprint density at radius 1 is 1.32 bits per heavy atom. The minimum atomic E-state index is -0.189. The molecule has 0 aromatic heterocycles. The third-order valence-electron chi connectivity index (χ3n) is 3.56. The Morgan fingerprint density at radius 3 is 2.42 bits per heavy atom. The highest BCUT2D eigenvalue weighted by Crippen LogP contribution is 2.30. The molecular formula is C15H23FN2O. The van der Waals surface area contributed by atoms with Crippen molar-refractivity contribution in [3.8, 4) is 0 Å². The summed E-state index contributed by atoms with van der Waals surface area (Å²) in [4.78, 5) is 2.25. The SMILES string of the molecule is Cc1cc(N2C[C@@H](C)O[C@@H](C)C2)c(C(C)N)cc1F. The van der Waals surface area contributed by atoms with Crippen molar-refractivity contribution in [3.63, 3.8) is 0 Å². The average Bonchev–Trinajstić information content (AvgIpc) is 2.30. The van der Waals surface area contributed by atoms with Gasteiger partial charge >= 0.3 is 0 Å². The largest absolute Gasteiger partial charge is 0.372 e. The van der Waals surface area contributed by atoms with E-state index in [9.17, 15) is 4.39 Å². The van der Waals surface area contributed by atoms with Crippen LogP contribution in [0.4, 0.5) is 10.1 Å². The van der Waals surface area contributed by atoms with Crippen molar-refractivity contribution < 1.29 is 9.13 Å². The number of hydrogen-bond donors (Lipinski definition) is 1. The van der Waals surface area contributed by atoms with Crippen LogP contribution in [0.1, 0.15) is 37.9 Å². The van der Waals surface area contributed by atoms with Crippen molar-refractivity contribution in [1.82, 2.24) is 0 Å². The Hall–Kier alpha value is -1.13. The van der Waals surface area contributed by atoms with Crippen LogP contribution in [-0.4, -0.2) is 25.3 Å². The normalized spacial score (nSPS) is 25.5. The highest BCUT2D eigenvalue weighted by Gasteiger charge is 2.25. The van der Waals surface area contributed by atoms with Crippen molar-refractivity contribution >= 4 is 5.69 Å². The van der Waals surface area contributed by atoms with Crippen LogP contribution in [0.25, 0.3) is 0 Å². The Labute approximate surface area is 114 Å². The number of halogens is 1. The molecule has 0 aliphatic carbocycles. The zero-order valence-corrected chi connectivity index (χ0v) is 12.1. The molecule has 4 heteroatoms. The van der Waals surface area contributed by atoms with Crippen LogP contribution in [0.5, 0.6) is 0 Å². The number of aryl methyl sites for hydroxylation is 1. The fourth-order valence-electron chi connectivity index (χ4n) is 2.69. The van der Waals surface area contributed by atoms with Gasteiger partial charge in [-0.15, -0.1) is 0 Å². The molecule has 3 atom stereocenters. The van der Waals surface area contributed by atoms with Crippen LogP contribution in [0.3, 0.4) is 0 Å². The molecule has 1 aliphatic rings. The molecule has 0 radical (unpaired) electrons. The van der Waals surface area contributed by atoms with Gasteiger partial charge in [-0.25, -0.2) is 4.39 Å². The highest BCUT2D eigenvalue weighted by molar-refractivity contribution is 5.57. The van der Waals surface area contributed by atoms with Crippen LogP contribution < -0.4 is 10.6 Å². The van der Waals surface area contributed by atoms with E-state index in [1.807, 2.05) is 13.0 Å². The third-order valence-corrected chi connectivity index (χ3v) is 3.56. The van der Waals surface area contributed by atoms with E-state index in [-0.39, 0.29) is 24.1 Å². The predicted molar refractivity (Wildman–Crippen MR) is 76.0 cm³/mol. The lowest BCUT2D eigenvalue weighted by molar-refractivity contribution is -0.00528. The van der Waals surface area contributed by atoms with E-state index in [0.29, 0.717) is 5.56 Å². The van der Waals surface area contributed by atoms with Crippen molar-refractivity contribution in [1.29, 1.82) is 0 Å². The van der Waals surface area contributed by atoms with Crippen LogP contribution in [0, 0.1) is 12.7 Å². The van der Waals surface area contributed by atoms with E-state index in [4.69, 9.17) is 10.5 Å². The Bertz CT molecular complexity index is 452. The predicted octanol–water partition coefficient (Wildman–Crippen LogP) is 2.77. The number of rotatable bonds is 2. The third kappa shape index (κ3) is 3.07. The topological polar surface area (TPSA) is 38.5 Å². The lowest BCUT2D eigenvalue weighted by atomic mass is 10.0. The van der Waals surface area contributed by atoms with Crippen LogP contribution in [0.15, 0.2) is 12.1 Å². The molecule has 1 aromatic carbocycles. The zero-order valence-electron chi connectivity index (χ0n) is 12.1. The summed E-state index contributed by atoms with van der Waals surface area (Å²) in [5, 5.41) is 0. The molecule has 2 rings (SSSR count). The zero-order chi connectivity index (χ0) is 14.2. The molecule has 106 valence electrons. The first kappa shape index (κ1) is 14.3. The number of morpholine rings is 1. The number of nitrogens with two attached hydrogens (primary N) is 1. The van der Waals surface area contributed by atoms with Gasteiger partial charge in [0.25, 0.3) is 0 Å². The maximum atomic E-state index is 13.7. The van der Waals surface area contributed by atoms with Gasteiger partial charge < -0.3 is 15.4 Å². The van der Waals surface area contributed by atoms with Gasteiger partial charge in [0.2, 0.25) is 0 Å². The summed E-state index contributed by atoms with van der Waals surface area (Å²) in [6.45, 7) is 9.43. The van der Waals surface area contributed by atoms with E-state index in [2.05, 4.69) is 18.7 Å². The molecule has 2 N–H and O–H groups in total. The molecule has 0 spiro atoms. The summed E-state index contributed by atoms with van der Waals surface area (Å²) in [7, 11) is 0. The molecular weight excluding hydrogens is 243 g/mol. The molecule has 0 bridgehead atoms. The summed E-state index contributed by atoms with van der Waals surface area (Å²) in [6, 6.07) is 3.29. The fraction of sp³-hybridized carbons (Fsp3) is 0.600. The summed E-state index contributed by atoms with van der Waals surface area (Å²) >= 11 is 0. The maximum Gasteiger partial charge on any atom is 0.126 e. The number of ether oxygens (including phenoxy) is 1. The van der Waals surface area contributed by atoms with Gasteiger partial charge in [-0.1, -0.05) is 0 Å². The first-order chi connectivity index (χ1) is 8.88. The quantitative estimate of drug-likeness (QED) is 0.894. The van der Waals surface area contributed by atoms with E-state index in [1.54, 1.807) is 13.0 Å². The second-order valence-corrected chi connectivity index (χ2v) is 5.61. The number of nitrogens with zero attached hydrogens (tertiary/aromatic N) is 1. The van der Waals surface area contributed by atoms with E-state index in [1.165, 1.54) is 0 Å². The monoisotopic (exact) mass is 266 g/mol. The molecule has 1 aromatic rings. The standard InChI is InChI=1S/C15H23FN2O/c1-9-5-15(13(12(4)17)6-14(9)16)18-7-10(2)19-11(3)8-18/h5-6,10-12H,7-8,17H2,1-4H3/t10-,11+,12?. The Morgan fingerprint density at radius 2 is 1.89 bits per heavy atom. The van der Waals surface area contributed by atoms with Gasteiger partial charge in [0.1, 0.15) is 5.82 Å². The van der Waals surface area contributed by atoms with E-state index >= 15 is 0 Å². The smallest absolute Gasteiger partial charge is 0.126 e. The highest BCUT2D eigenvalue weighted by atomic mass is 19.1. The van der Waals surface area contributed by atoms with Gasteiger partial charge in [-0.05, 0) is 51.0 Å². The first-order valence-electron chi connectivity index (χ1n) is 6.84. The average molecular weight is 266 g/mol. The summed E-state index contributed by atoms with van der Waals surface area (Å²) < 4.78 is 19.5. The summed E-state index contributed by atoms with van der Waals surface area (Å²) in [6.07, 6.45) is 0.352. The first-order valence-corrected chi connectivity index (χ1v) is 6.84. The molecule has 1 fully saturated rings. The summed E-state index contributed by atoms with van der Waals surface area (Å²) in [5.41, 5.74) is 8.55. The van der Waals surface area contributed by atoms with Crippen LogP contribution in [-0.2, 0) is 4.74 Å². The van der Waals surface area contributed by atoms with Crippen molar-refractivity contribution in [2.24, 2.45) is 5.73 Å². The van der Waals surface area contributed by atoms with Crippen LogP contribution in [0.2, 0.25) is 0 Å². The van der Waals surface area contributed by atoms with Gasteiger partial charge in [0.15, 0.2) is 0 Å². The molecule has 0 saturated carbocycles. The number of anilines is 1. The van der Waals surface area contributed by atoms with Crippen molar-refractivity contribution in [2.45, 2.75) is 45.9 Å². The fourth-order valence-corrected chi connectivity index (χ4v) is 2.69. The minimum absolute atomic E-state index is 0.176. The molecule has 0 amide bonds. The van der Waals surface area contributed by atoms with E-state index in [0.717, 1.165) is 24.3 Å². The lowest BCUT2D eigenvalue weighted by Crippen LogP contribution is -2.46. The molecule has 1 saturated heterocycles. The number of benzene rings is 1. The van der Waals surface area contributed by atoms with Crippen LogP contribution >= 0.6 is 0 Å².